The lowest BCUT2D eigenvalue weighted by molar-refractivity contribution is -0.116. The number of amides is 1. The Kier molecular flexibility index (Phi) is 3.18. The number of rotatable bonds is 5. The summed E-state index contributed by atoms with van der Waals surface area (Å²) in [5.74, 6) is 0.171. The minimum atomic E-state index is -0.0869. The van der Waals surface area contributed by atoms with Crippen molar-refractivity contribution in [3.8, 4) is 0 Å². The van der Waals surface area contributed by atoms with E-state index >= 15 is 0 Å². The fourth-order valence-electron chi connectivity index (χ4n) is 1.17. The van der Waals surface area contributed by atoms with Gasteiger partial charge in [-0.2, -0.15) is 5.10 Å². The van der Waals surface area contributed by atoms with Gasteiger partial charge in [-0.1, -0.05) is 0 Å². The molecular formula is C9H13N5O. The molecule has 6 nitrogen and oxygen atoms in total. The summed E-state index contributed by atoms with van der Waals surface area (Å²) in [5.41, 5.74) is 0. The molecule has 2 N–H and O–H groups in total. The van der Waals surface area contributed by atoms with Crippen LogP contribution in [-0.4, -0.2) is 33.7 Å². The lowest BCUT2D eigenvalue weighted by Crippen LogP contribution is -2.23. The normalized spacial score (nSPS) is 14.9. The Hall–Kier alpha value is -1.56. The summed E-state index contributed by atoms with van der Waals surface area (Å²) in [4.78, 5) is 15.2. The van der Waals surface area contributed by atoms with Gasteiger partial charge in [-0.3, -0.25) is 10.1 Å². The molecule has 1 saturated carbocycles. The SMILES string of the molecule is O=C(CCNC1CC1)Nc1nccnn1. The van der Waals surface area contributed by atoms with Gasteiger partial charge in [0, 0.05) is 19.0 Å². The monoisotopic (exact) mass is 207 g/mol. The van der Waals surface area contributed by atoms with Crippen LogP contribution in [0.3, 0.4) is 0 Å². The van der Waals surface area contributed by atoms with E-state index in [1.165, 1.54) is 25.2 Å². The molecule has 1 aromatic rings. The van der Waals surface area contributed by atoms with Crippen LogP contribution >= 0.6 is 0 Å². The molecule has 1 aliphatic rings. The molecule has 0 aromatic carbocycles. The van der Waals surface area contributed by atoms with E-state index in [1.807, 2.05) is 0 Å². The van der Waals surface area contributed by atoms with Gasteiger partial charge in [-0.15, -0.1) is 5.10 Å². The predicted molar refractivity (Wildman–Crippen MR) is 54.1 cm³/mol. The van der Waals surface area contributed by atoms with Crippen molar-refractivity contribution in [1.29, 1.82) is 0 Å². The van der Waals surface area contributed by atoms with Gasteiger partial charge in [0.1, 0.15) is 0 Å². The fraction of sp³-hybridized carbons (Fsp3) is 0.556. The van der Waals surface area contributed by atoms with Crippen LogP contribution in [0.4, 0.5) is 5.95 Å². The van der Waals surface area contributed by atoms with Crippen molar-refractivity contribution in [3.05, 3.63) is 12.4 Å². The maximum Gasteiger partial charge on any atom is 0.249 e. The predicted octanol–water partition coefficient (Wildman–Crippen LogP) is -0.0478. The number of nitrogens with one attached hydrogen (secondary N) is 2. The van der Waals surface area contributed by atoms with Crippen molar-refractivity contribution in [2.45, 2.75) is 25.3 Å². The van der Waals surface area contributed by atoms with Crippen molar-refractivity contribution in [2.24, 2.45) is 0 Å². The van der Waals surface area contributed by atoms with Gasteiger partial charge in [0.05, 0.1) is 12.4 Å². The van der Waals surface area contributed by atoms with E-state index < -0.39 is 0 Å². The number of aromatic nitrogens is 3. The molecular weight excluding hydrogens is 194 g/mol. The summed E-state index contributed by atoms with van der Waals surface area (Å²) < 4.78 is 0. The van der Waals surface area contributed by atoms with E-state index in [2.05, 4.69) is 25.8 Å². The third-order valence-corrected chi connectivity index (χ3v) is 2.10. The van der Waals surface area contributed by atoms with Crippen LogP contribution in [0, 0.1) is 0 Å². The van der Waals surface area contributed by atoms with Crippen LogP contribution in [-0.2, 0) is 4.79 Å². The van der Waals surface area contributed by atoms with Crippen LogP contribution in [0.25, 0.3) is 0 Å². The molecule has 1 fully saturated rings. The molecule has 1 heterocycles. The topological polar surface area (TPSA) is 79.8 Å². The zero-order chi connectivity index (χ0) is 10.5. The Morgan fingerprint density at radius 2 is 2.33 bits per heavy atom. The second-order valence-electron chi connectivity index (χ2n) is 3.49. The Bertz CT molecular complexity index is 325. The molecule has 15 heavy (non-hydrogen) atoms. The average molecular weight is 207 g/mol. The van der Waals surface area contributed by atoms with E-state index in [0.717, 1.165) is 0 Å². The van der Waals surface area contributed by atoms with Crippen LogP contribution < -0.4 is 10.6 Å². The Balaban J connectivity index is 1.67. The quantitative estimate of drug-likeness (QED) is 0.707. The first-order valence-corrected chi connectivity index (χ1v) is 5.01. The molecule has 0 radical (unpaired) electrons. The zero-order valence-corrected chi connectivity index (χ0v) is 8.31. The van der Waals surface area contributed by atoms with Crippen LogP contribution in [0.2, 0.25) is 0 Å². The maximum atomic E-state index is 11.4. The molecule has 80 valence electrons. The fourth-order valence-corrected chi connectivity index (χ4v) is 1.17. The second kappa shape index (κ2) is 4.79. The molecule has 6 heteroatoms. The third-order valence-electron chi connectivity index (χ3n) is 2.10. The van der Waals surface area contributed by atoms with E-state index in [4.69, 9.17) is 0 Å². The summed E-state index contributed by atoms with van der Waals surface area (Å²) in [7, 11) is 0. The molecule has 0 saturated heterocycles. The highest BCUT2D eigenvalue weighted by atomic mass is 16.1. The van der Waals surface area contributed by atoms with Gasteiger partial charge in [0.2, 0.25) is 11.9 Å². The smallest absolute Gasteiger partial charge is 0.249 e. The van der Waals surface area contributed by atoms with Gasteiger partial charge in [0.25, 0.3) is 0 Å². The summed E-state index contributed by atoms with van der Waals surface area (Å²) in [6.07, 6.45) is 5.85. The highest BCUT2D eigenvalue weighted by Gasteiger charge is 2.20. The maximum absolute atomic E-state index is 11.4. The first kappa shape index (κ1) is 9.97. The lowest BCUT2D eigenvalue weighted by atomic mass is 10.4. The van der Waals surface area contributed by atoms with Gasteiger partial charge in [0.15, 0.2) is 0 Å². The number of carbonyl (C=O) groups excluding carboxylic acids is 1. The summed E-state index contributed by atoms with van der Waals surface area (Å²) >= 11 is 0. The van der Waals surface area contributed by atoms with Crippen LogP contribution in [0.15, 0.2) is 12.4 Å². The Labute approximate surface area is 87.5 Å². The third kappa shape index (κ3) is 3.59. The standard InChI is InChI=1S/C9H13N5O/c15-8(3-4-10-7-1-2-7)13-9-11-5-6-12-14-9/h5-7,10H,1-4H2,(H,11,13,14,15). The van der Waals surface area contributed by atoms with Crippen molar-refractivity contribution < 1.29 is 4.79 Å². The molecule has 2 rings (SSSR count). The number of anilines is 1. The number of nitrogens with zero attached hydrogens (tertiary/aromatic N) is 3. The minimum Gasteiger partial charge on any atom is -0.313 e. The molecule has 1 aromatic heterocycles. The highest BCUT2D eigenvalue weighted by molar-refractivity contribution is 5.88. The van der Waals surface area contributed by atoms with Crippen molar-refractivity contribution in [2.75, 3.05) is 11.9 Å². The lowest BCUT2D eigenvalue weighted by Gasteiger charge is -2.03. The van der Waals surface area contributed by atoms with Crippen molar-refractivity contribution in [1.82, 2.24) is 20.5 Å². The molecule has 1 amide bonds. The number of hydrogen-bond acceptors (Lipinski definition) is 5. The average Bonchev–Trinajstić information content (AvgIpc) is 3.03. The first-order valence-electron chi connectivity index (χ1n) is 5.01. The summed E-state index contributed by atoms with van der Waals surface area (Å²) in [6, 6.07) is 0.632. The van der Waals surface area contributed by atoms with Crippen molar-refractivity contribution >= 4 is 11.9 Å². The van der Waals surface area contributed by atoms with Crippen LogP contribution in [0.5, 0.6) is 0 Å². The zero-order valence-electron chi connectivity index (χ0n) is 8.31. The summed E-state index contributed by atoms with van der Waals surface area (Å²) in [5, 5.41) is 13.1. The molecule has 0 aliphatic heterocycles. The first-order chi connectivity index (χ1) is 7.34. The van der Waals surface area contributed by atoms with E-state index in [-0.39, 0.29) is 11.9 Å². The molecule has 0 unspecified atom stereocenters. The van der Waals surface area contributed by atoms with E-state index in [0.29, 0.717) is 19.0 Å². The Morgan fingerprint density at radius 3 is 3.00 bits per heavy atom. The van der Waals surface area contributed by atoms with Gasteiger partial charge >= 0.3 is 0 Å². The van der Waals surface area contributed by atoms with Gasteiger partial charge in [-0.05, 0) is 12.8 Å². The van der Waals surface area contributed by atoms with E-state index in [9.17, 15) is 4.79 Å². The number of carbonyl (C=O) groups is 1. The molecule has 1 aliphatic carbocycles. The van der Waals surface area contributed by atoms with Gasteiger partial charge in [-0.25, -0.2) is 4.98 Å². The van der Waals surface area contributed by atoms with Crippen molar-refractivity contribution in [3.63, 3.8) is 0 Å². The second-order valence-corrected chi connectivity index (χ2v) is 3.49. The van der Waals surface area contributed by atoms with E-state index in [1.54, 1.807) is 0 Å². The highest BCUT2D eigenvalue weighted by Crippen LogP contribution is 2.18. The van der Waals surface area contributed by atoms with Gasteiger partial charge < -0.3 is 5.32 Å². The number of hydrogen-bond donors (Lipinski definition) is 2. The Morgan fingerprint density at radius 1 is 1.47 bits per heavy atom. The van der Waals surface area contributed by atoms with Crippen LogP contribution in [0.1, 0.15) is 19.3 Å². The largest absolute Gasteiger partial charge is 0.313 e. The molecule has 0 atom stereocenters. The molecule has 0 bridgehead atoms. The minimum absolute atomic E-state index is 0.0869. The summed E-state index contributed by atoms with van der Waals surface area (Å²) in [6.45, 7) is 0.705. The molecule has 0 spiro atoms.